The van der Waals surface area contributed by atoms with Gasteiger partial charge in [0.15, 0.2) is 0 Å². The zero-order valence-electron chi connectivity index (χ0n) is 9.23. The number of carboxylic acids is 1. The molecule has 6 nitrogen and oxygen atoms in total. The second-order valence-corrected chi connectivity index (χ2v) is 3.90. The number of piperidine rings is 1. The van der Waals surface area contributed by atoms with Crippen molar-refractivity contribution in [1.82, 2.24) is 10.2 Å². The molecule has 0 saturated carbocycles. The second kappa shape index (κ2) is 5.48. The fourth-order valence-electron chi connectivity index (χ4n) is 1.70. The summed E-state index contributed by atoms with van der Waals surface area (Å²) < 4.78 is 0. The minimum absolute atomic E-state index is 0.0390. The number of hydrogen-bond acceptors (Lipinski definition) is 3. The number of amides is 2. The molecule has 1 unspecified atom stereocenters. The molecule has 90 valence electrons. The van der Waals surface area contributed by atoms with Gasteiger partial charge in [-0.05, 0) is 6.42 Å². The number of hydrogen-bond donors (Lipinski definition) is 2. The maximum atomic E-state index is 11.5. The third kappa shape index (κ3) is 3.52. The van der Waals surface area contributed by atoms with Gasteiger partial charge in [-0.2, -0.15) is 0 Å². The topological polar surface area (TPSA) is 86.7 Å². The summed E-state index contributed by atoms with van der Waals surface area (Å²) in [6.45, 7) is 2.39. The Morgan fingerprint density at radius 2 is 2.25 bits per heavy atom. The quantitative estimate of drug-likeness (QED) is 0.675. The average molecular weight is 228 g/mol. The van der Waals surface area contributed by atoms with Crippen molar-refractivity contribution < 1.29 is 19.5 Å². The molecule has 1 saturated heterocycles. The van der Waals surface area contributed by atoms with E-state index in [1.807, 2.05) is 0 Å². The normalized spacial score (nSPS) is 20.7. The highest BCUT2D eigenvalue weighted by atomic mass is 16.4. The summed E-state index contributed by atoms with van der Waals surface area (Å²) in [5.41, 5.74) is 0. The van der Waals surface area contributed by atoms with E-state index < -0.39 is 11.9 Å². The van der Waals surface area contributed by atoms with E-state index in [2.05, 4.69) is 5.32 Å². The molecule has 1 fully saturated rings. The Morgan fingerprint density at radius 3 is 2.81 bits per heavy atom. The first-order chi connectivity index (χ1) is 7.50. The van der Waals surface area contributed by atoms with E-state index in [-0.39, 0.29) is 24.8 Å². The number of carbonyl (C=O) groups is 3. The standard InChI is InChI=1S/C10H16N2O4/c1-7(13)11-4-5-12-6-8(10(15)16)2-3-9(12)14/h8H,2-6H2,1H3,(H,11,13)(H,15,16). The van der Waals surface area contributed by atoms with Crippen LogP contribution in [0.5, 0.6) is 0 Å². The molecule has 1 heterocycles. The summed E-state index contributed by atoms with van der Waals surface area (Å²) in [6.07, 6.45) is 0.682. The van der Waals surface area contributed by atoms with Gasteiger partial charge in [0.25, 0.3) is 0 Å². The first kappa shape index (κ1) is 12.5. The van der Waals surface area contributed by atoms with Gasteiger partial charge in [-0.3, -0.25) is 14.4 Å². The largest absolute Gasteiger partial charge is 0.481 e. The third-order valence-electron chi connectivity index (χ3n) is 2.61. The van der Waals surface area contributed by atoms with Crippen molar-refractivity contribution in [3.05, 3.63) is 0 Å². The van der Waals surface area contributed by atoms with E-state index in [1.165, 1.54) is 11.8 Å². The summed E-state index contributed by atoms with van der Waals surface area (Å²) in [7, 11) is 0. The lowest BCUT2D eigenvalue weighted by Crippen LogP contribution is -2.45. The van der Waals surface area contributed by atoms with E-state index in [0.29, 0.717) is 19.5 Å². The van der Waals surface area contributed by atoms with Crippen LogP contribution in [0.15, 0.2) is 0 Å². The lowest BCUT2D eigenvalue weighted by Gasteiger charge is -2.30. The van der Waals surface area contributed by atoms with Crippen LogP contribution in [-0.4, -0.2) is 47.4 Å². The van der Waals surface area contributed by atoms with Crippen LogP contribution in [0.25, 0.3) is 0 Å². The van der Waals surface area contributed by atoms with Crippen molar-refractivity contribution >= 4 is 17.8 Å². The van der Waals surface area contributed by atoms with Crippen molar-refractivity contribution in [2.45, 2.75) is 19.8 Å². The van der Waals surface area contributed by atoms with Crippen LogP contribution in [0, 0.1) is 5.92 Å². The maximum Gasteiger partial charge on any atom is 0.308 e. The van der Waals surface area contributed by atoms with Crippen LogP contribution in [0.3, 0.4) is 0 Å². The van der Waals surface area contributed by atoms with Gasteiger partial charge in [0.2, 0.25) is 11.8 Å². The first-order valence-electron chi connectivity index (χ1n) is 5.25. The predicted molar refractivity (Wildman–Crippen MR) is 55.6 cm³/mol. The number of nitrogens with zero attached hydrogens (tertiary/aromatic N) is 1. The zero-order valence-corrected chi connectivity index (χ0v) is 9.23. The molecule has 0 aromatic heterocycles. The van der Waals surface area contributed by atoms with Crippen molar-refractivity contribution in [2.75, 3.05) is 19.6 Å². The van der Waals surface area contributed by atoms with E-state index in [4.69, 9.17) is 5.11 Å². The van der Waals surface area contributed by atoms with Gasteiger partial charge >= 0.3 is 5.97 Å². The molecule has 0 aliphatic carbocycles. The van der Waals surface area contributed by atoms with Crippen molar-refractivity contribution in [1.29, 1.82) is 0 Å². The Kier molecular flexibility index (Phi) is 4.28. The van der Waals surface area contributed by atoms with Crippen molar-refractivity contribution in [3.63, 3.8) is 0 Å². The minimum Gasteiger partial charge on any atom is -0.481 e. The fourth-order valence-corrected chi connectivity index (χ4v) is 1.70. The molecule has 0 aromatic carbocycles. The number of rotatable bonds is 4. The number of nitrogens with one attached hydrogen (secondary N) is 1. The summed E-state index contributed by atoms with van der Waals surface area (Å²) in [5.74, 6) is -1.53. The summed E-state index contributed by atoms with van der Waals surface area (Å²) >= 11 is 0. The Labute approximate surface area is 93.6 Å². The predicted octanol–water partition coefficient (Wildman–Crippen LogP) is -0.554. The summed E-state index contributed by atoms with van der Waals surface area (Å²) in [6, 6.07) is 0. The van der Waals surface area contributed by atoms with Gasteiger partial charge in [0, 0.05) is 33.0 Å². The van der Waals surface area contributed by atoms with Crippen LogP contribution in [0.1, 0.15) is 19.8 Å². The highest BCUT2D eigenvalue weighted by molar-refractivity contribution is 5.80. The van der Waals surface area contributed by atoms with Crippen LogP contribution < -0.4 is 5.32 Å². The number of likely N-dealkylation sites (tertiary alicyclic amines) is 1. The van der Waals surface area contributed by atoms with Crippen molar-refractivity contribution in [3.8, 4) is 0 Å². The zero-order chi connectivity index (χ0) is 12.1. The van der Waals surface area contributed by atoms with Crippen LogP contribution in [-0.2, 0) is 14.4 Å². The summed E-state index contributed by atoms with van der Waals surface area (Å²) in [5, 5.41) is 11.4. The van der Waals surface area contributed by atoms with E-state index >= 15 is 0 Å². The van der Waals surface area contributed by atoms with Crippen molar-refractivity contribution in [2.24, 2.45) is 5.92 Å². The monoisotopic (exact) mass is 228 g/mol. The van der Waals surface area contributed by atoms with Crippen LogP contribution in [0.4, 0.5) is 0 Å². The molecule has 1 atom stereocenters. The molecule has 0 bridgehead atoms. The molecule has 0 aromatic rings. The molecule has 2 N–H and O–H groups in total. The smallest absolute Gasteiger partial charge is 0.308 e. The Bertz CT molecular complexity index is 303. The van der Waals surface area contributed by atoms with E-state index in [9.17, 15) is 14.4 Å². The molecule has 0 radical (unpaired) electrons. The highest BCUT2D eigenvalue weighted by Gasteiger charge is 2.29. The van der Waals surface area contributed by atoms with E-state index in [1.54, 1.807) is 0 Å². The molecule has 1 aliphatic rings. The third-order valence-corrected chi connectivity index (χ3v) is 2.61. The highest BCUT2D eigenvalue weighted by Crippen LogP contribution is 2.17. The Morgan fingerprint density at radius 1 is 1.56 bits per heavy atom. The molecular weight excluding hydrogens is 212 g/mol. The number of carboxylic acid groups (broad SMARTS) is 1. The van der Waals surface area contributed by atoms with Crippen LogP contribution in [0.2, 0.25) is 0 Å². The molecule has 16 heavy (non-hydrogen) atoms. The molecule has 1 rings (SSSR count). The number of carbonyl (C=O) groups excluding carboxylic acids is 2. The van der Waals surface area contributed by atoms with Gasteiger partial charge < -0.3 is 15.3 Å². The molecule has 0 spiro atoms. The van der Waals surface area contributed by atoms with Gasteiger partial charge in [0.1, 0.15) is 0 Å². The maximum absolute atomic E-state index is 11.5. The molecule has 1 aliphatic heterocycles. The lowest BCUT2D eigenvalue weighted by atomic mass is 9.98. The molecular formula is C10H16N2O4. The van der Waals surface area contributed by atoms with Gasteiger partial charge in [-0.25, -0.2) is 0 Å². The lowest BCUT2D eigenvalue weighted by molar-refractivity contribution is -0.147. The summed E-state index contributed by atoms with van der Waals surface area (Å²) in [4.78, 5) is 34.4. The fraction of sp³-hybridized carbons (Fsp3) is 0.700. The Balaban J connectivity index is 2.40. The van der Waals surface area contributed by atoms with Crippen LogP contribution >= 0.6 is 0 Å². The number of aliphatic carboxylic acids is 1. The Hall–Kier alpha value is -1.59. The minimum atomic E-state index is -0.864. The molecule has 6 heteroatoms. The van der Waals surface area contributed by atoms with Gasteiger partial charge in [-0.15, -0.1) is 0 Å². The average Bonchev–Trinajstić information content (AvgIpc) is 2.20. The second-order valence-electron chi connectivity index (χ2n) is 3.90. The first-order valence-corrected chi connectivity index (χ1v) is 5.25. The molecule has 2 amide bonds. The van der Waals surface area contributed by atoms with E-state index in [0.717, 1.165) is 0 Å². The van der Waals surface area contributed by atoms with Gasteiger partial charge in [-0.1, -0.05) is 0 Å². The SMILES string of the molecule is CC(=O)NCCN1CC(C(=O)O)CCC1=O. The van der Waals surface area contributed by atoms with Gasteiger partial charge in [0.05, 0.1) is 5.92 Å².